The largest absolute Gasteiger partial charge is 0.381 e. The lowest BCUT2D eigenvalue weighted by Crippen LogP contribution is -2.33. The minimum absolute atomic E-state index is 0.0663. The molecule has 0 bridgehead atoms. The standard InChI is InChI=1S/C25H23F2N5O/c26-21-10-5-11-22(27)24(21)25-18(14-30-31-25)13-29-19-8-4-9-20(12-19)32(16-23(28)33)15-17-6-2-1-3-7-17/h1-12,14,29H,13,15-16H2,(H2,28,33)(H,30,31). The number of halogens is 2. The average Bonchev–Trinajstić information content (AvgIpc) is 3.26. The summed E-state index contributed by atoms with van der Waals surface area (Å²) in [7, 11) is 0. The van der Waals surface area contributed by atoms with Crippen LogP contribution in [0.25, 0.3) is 11.3 Å². The lowest BCUT2D eigenvalue weighted by Gasteiger charge is -2.24. The molecule has 4 rings (SSSR count). The van der Waals surface area contributed by atoms with Gasteiger partial charge in [-0.3, -0.25) is 9.89 Å². The molecule has 1 amide bonds. The second kappa shape index (κ2) is 9.95. The Morgan fingerprint density at radius 2 is 1.73 bits per heavy atom. The van der Waals surface area contributed by atoms with E-state index in [-0.39, 0.29) is 24.3 Å². The first-order valence-electron chi connectivity index (χ1n) is 10.4. The number of nitrogens with two attached hydrogens (primary N) is 1. The molecule has 1 heterocycles. The summed E-state index contributed by atoms with van der Waals surface area (Å²) < 4.78 is 28.5. The molecule has 168 valence electrons. The van der Waals surface area contributed by atoms with Gasteiger partial charge in [-0.1, -0.05) is 42.5 Å². The highest BCUT2D eigenvalue weighted by molar-refractivity contribution is 5.80. The SMILES string of the molecule is NC(=O)CN(Cc1ccccc1)c1cccc(NCc2cn[nH]c2-c2c(F)cccc2F)c1. The van der Waals surface area contributed by atoms with Gasteiger partial charge in [-0.05, 0) is 35.9 Å². The van der Waals surface area contributed by atoms with Crippen molar-refractivity contribution in [3.8, 4) is 11.3 Å². The molecule has 8 heteroatoms. The van der Waals surface area contributed by atoms with E-state index in [1.165, 1.54) is 24.4 Å². The zero-order chi connectivity index (χ0) is 23.2. The van der Waals surface area contributed by atoms with Crippen LogP contribution >= 0.6 is 0 Å². The zero-order valence-corrected chi connectivity index (χ0v) is 17.8. The Balaban J connectivity index is 1.53. The predicted molar refractivity (Wildman–Crippen MR) is 124 cm³/mol. The van der Waals surface area contributed by atoms with Crippen LogP contribution in [0.1, 0.15) is 11.1 Å². The highest BCUT2D eigenvalue weighted by atomic mass is 19.1. The number of carbonyl (C=O) groups is 1. The number of carbonyl (C=O) groups excluding carboxylic acids is 1. The van der Waals surface area contributed by atoms with Crippen LogP contribution in [0.5, 0.6) is 0 Å². The number of nitrogens with zero attached hydrogens (tertiary/aromatic N) is 2. The quantitative estimate of drug-likeness (QED) is 0.354. The van der Waals surface area contributed by atoms with Crippen LogP contribution in [0, 0.1) is 11.6 Å². The molecule has 0 saturated heterocycles. The molecule has 0 fully saturated rings. The fourth-order valence-corrected chi connectivity index (χ4v) is 3.64. The summed E-state index contributed by atoms with van der Waals surface area (Å²) in [4.78, 5) is 13.5. The molecule has 0 saturated carbocycles. The van der Waals surface area contributed by atoms with Crippen LogP contribution in [0.3, 0.4) is 0 Å². The van der Waals surface area contributed by atoms with Crippen LogP contribution in [-0.2, 0) is 17.9 Å². The number of H-pyrrole nitrogens is 1. The van der Waals surface area contributed by atoms with Crippen molar-refractivity contribution >= 4 is 17.3 Å². The Bertz CT molecular complexity index is 1220. The first-order chi connectivity index (χ1) is 16.0. The molecule has 1 aromatic heterocycles. The highest BCUT2D eigenvalue weighted by Crippen LogP contribution is 2.28. The molecule has 0 aliphatic rings. The Kier molecular flexibility index (Phi) is 6.64. The lowest BCUT2D eigenvalue weighted by atomic mass is 10.1. The topological polar surface area (TPSA) is 87.0 Å². The third-order valence-electron chi connectivity index (χ3n) is 5.19. The van der Waals surface area contributed by atoms with Crippen molar-refractivity contribution in [1.29, 1.82) is 0 Å². The number of hydrogen-bond donors (Lipinski definition) is 3. The Morgan fingerprint density at radius 3 is 2.45 bits per heavy atom. The summed E-state index contributed by atoms with van der Waals surface area (Å²) in [6.45, 7) is 0.875. The van der Waals surface area contributed by atoms with E-state index in [1.54, 1.807) is 0 Å². The number of rotatable bonds is 9. The summed E-state index contributed by atoms with van der Waals surface area (Å²) in [5.74, 6) is -1.75. The summed E-state index contributed by atoms with van der Waals surface area (Å²) >= 11 is 0. The number of anilines is 2. The van der Waals surface area contributed by atoms with Gasteiger partial charge in [-0.2, -0.15) is 5.10 Å². The van der Waals surface area contributed by atoms with E-state index < -0.39 is 17.5 Å². The van der Waals surface area contributed by atoms with Crippen molar-refractivity contribution in [2.45, 2.75) is 13.1 Å². The van der Waals surface area contributed by atoms with E-state index in [1.807, 2.05) is 59.5 Å². The van der Waals surface area contributed by atoms with E-state index >= 15 is 0 Å². The maximum Gasteiger partial charge on any atom is 0.236 e. The minimum atomic E-state index is -0.662. The minimum Gasteiger partial charge on any atom is -0.381 e. The van der Waals surface area contributed by atoms with Gasteiger partial charge in [0.05, 0.1) is 24.0 Å². The van der Waals surface area contributed by atoms with Crippen LogP contribution in [0.2, 0.25) is 0 Å². The van der Waals surface area contributed by atoms with Gasteiger partial charge < -0.3 is 16.0 Å². The average molecular weight is 447 g/mol. The van der Waals surface area contributed by atoms with Crippen LogP contribution < -0.4 is 16.0 Å². The molecule has 0 aliphatic carbocycles. The van der Waals surface area contributed by atoms with E-state index in [0.717, 1.165) is 16.9 Å². The molecule has 33 heavy (non-hydrogen) atoms. The summed E-state index contributed by atoms with van der Waals surface area (Å²) in [6.07, 6.45) is 1.53. The third kappa shape index (κ3) is 5.35. The van der Waals surface area contributed by atoms with Crippen LogP contribution in [0.4, 0.5) is 20.2 Å². The van der Waals surface area contributed by atoms with Crippen molar-refractivity contribution in [2.24, 2.45) is 5.73 Å². The number of amides is 1. The van der Waals surface area contributed by atoms with Crippen molar-refractivity contribution in [1.82, 2.24) is 10.2 Å². The summed E-state index contributed by atoms with van der Waals surface area (Å²) in [5.41, 5.74) is 8.87. The van der Waals surface area contributed by atoms with E-state index in [9.17, 15) is 13.6 Å². The molecule has 0 unspecified atom stereocenters. The number of hydrogen-bond acceptors (Lipinski definition) is 4. The molecule has 4 N–H and O–H groups in total. The smallest absolute Gasteiger partial charge is 0.236 e. The zero-order valence-electron chi connectivity index (χ0n) is 17.8. The van der Waals surface area contributed by atoms with E-state index in [4.69, 9.17) is 5.73 Å². The van der Waals surface area contributed by atoms with Crippen molar-refractivity contribution < 1.29 is 13.6 Å². The van der Waals surface area contributed by atoms with Gasteiger partial charge >= 0.3 is 0 Å². The number of aromatic nitrogens is 2. The maximum atomic E-state index is 14.2. The van der Waals surface area contributed by atoms with E-state index in [0.29, 0.717) is 12.1 Å². The molecular formula is C25H23F2N5O. The van der Waals surface area contributed by atoms with Gasteiger partial charge in [0, 0.05) is 30.0 Å². The Labute approximate surface area is 190 Å². The third-order valence-corrected chi connectivity index (χ3v) is 5.19. The van der Waals surface area contributed by atoms with Crippen molar-refractivity contribution in [2.75, 3.05) is 16.8 Å². The van der Waals surface area contributed by atoms with Gasteiger partial charge in [0.1, 0.15) is 11.6 Å². The van der Waals surface area contributed by atoms with Gasteiger partial charge in [0.25, 0.3) is 0 Å². The number of aromatic amines is 1. The molecule has 0 aliphatic heterocycles. The van der Waals surface area contributed by atoms with Crippen LogP contribution in [0.15, 0.2) is 79.0 Å². The predicted octanol–water partition coefficient (Wildman–Crippen LogP) is 4.46. The van der Waals surface area contributed by atoms with Gasteiger partial charge in [-0.15, -0.1) is 0 Å². The molecular weight excluding hydrogens is 424 g/mol. The number of primary amides is 1. The van der Waals surface area contributed by atoms with Crippen molar-refractivity contribution in [3.63, 3.8) is 0 Å². The first-order valence-corrected chi connectivity index (χ1v) is 10.4. The van der Waals surface area contributed by atoms with Gasteiger partial charge in [0.2, 0.25) is 5.91 Å². The molecule has 0 spiro atoms. The van der Waals surface area contributed by atoms with Gasteiger partial charge in [0.15, 0.2) is 0 Å². The molecule has 4 aromatic rings. The monoisotopic (exact) mass is 447 g/mol. The Hall–Kier alpha value is -4.20. The van der Waals surface area contributed by atoms with E-state index in [2.05, 4.69) is 15.5 Å². The number of nitrogens with one attached hydrogen (secondary N) is 2. The second-order valence-corrected chi connectivity index (χ2v) is 7.58. The molecule has 6 nitrogen and oxygen atoms in total. The molecule has 3 aromatic carbocycles. The normalized spacial score (nSPS) is 10.7. The number of benzene rings is 3. The van der Waals surface area contributed by atoms with Gasteiger partial charge in [-0.25, -0.2) is 8.78 Å². The lowest BCUT2D eigenvalue weighted by molar-refractivity contribution is -0.116. The molecule has 0 radical (unpaired) electrons. The Morgan fingerprint density at radius 1 is 1.00 bits per heavy atom. The summed E-state index contributed by atoms with van der Waals surface area (Å²) in [5, 5.41) is 9.91. The highest BCUT2D eigenvalue weighted by Gasteiger charge is 2.17. The second-order valence-electron chi connectivity index (χ2n) is 7.58. The maximum absolute atomic E-state index is 14.2. The first kappa shape index (κ1) is 22.0. The van der Waals surface area contributed by atoms with Crippen LogP contribution in [-0.4, -0.2) is 22.6 Å². The fourth-order valence-electron chi connectivity index (χ4n) is 3.64. The summed E-state index contributed by atoms with van der Waals surface area (Å²) in [6, 6.07) is 21.1. The van der Waals surface area contributed by atoms with Crippen molar-refractivity contribution in [3.05, 3.63) is 102 Å². The molecule has 0 atom stereocenters. The fraction of sp³-hybridized carbons (Fsp3) is 0.120.